The first-order chi connectivity index (χ1) is 8.13. The largest absolute Gasteiger partial charge is 0.496 e. The first-order valence-electron chi connectivity index (χ1n) is 5.98. The van der Waals surface area contributed by atoms with Crippen molar-refractivity contribution in [3.8, 4) is 5.75 Å². The van der Waals surface area contributed by atoms with E-state index in [1.54, 1.807) is 7.11 Å². The summed E-state index contributed by atoms with van der Waals surface area (Å²) in [6.07, 6.45) is 1.86. The highest BCUT2D eigenvalue weighted by Crippen LogP contribution is 2.32. The molecule has 3 nitrogen and oxygen atoms in total. The van der Waals surface area contributed by atoms with Gasteiger partial charge in [0.25, 0.3) is 0 Å². The molecule has 0 aromatic heterocycles. The van der Waals surface area contributed by atoms with Crippen LogP contribution in [0.3, 0.4) is 0 Å². The number of carbonyl (C=O) groups excluding carboxylic acids is 1. The van der Waals surface area contributed by atoms with Gasteiger partial charge in [0.2, 0.25) is 0 Å². The average molecular weight is 270 g/mol. The predicted molar refractivity (Wildman–Crippen MR) is 74.9 cm³/mol. The molecule has 0 spiro atoms. The van der Waals surface area contributed by atoms with Gasteiger partial charge in [0, 0.05) is 23.6 Å². The molecule has 0 saturated carbocycles. The van der Waals surface area contributed by atoms with Gasteiger partial charge in [-0.15, -0.1) is 12.4 Å². The normalized spacial score (nSPS) is 18.2. The number of benzene rings is 1. The van der Waals surface area contributed by atoms with Gasteiger partial charge in [-0.2, -0.15) is 0 Å². The highest BCUT2D eigenvalue weighted by Gasteiger charge is 2.29. The van der Waals surface area contributed by atoms with Crippen molar-refractivity contribution in [3.05, 3.63) is 29.3 Å². The van der Waals surface area contributed by atoms with Gasteiger partial charge in [0.1, 0.15) is 5.75 Å². The summed E-state index contributed by atoms with van der Waals surface area (Å²) < 4.78 is 5.31. The Morgan fingerprint density at radius 1 is 1.39 bits per heavy atom. The van der Waals surface area contributed by atoms with Crippen LogP contribution < -0.4 is 4.74 Å². The summed E-state index contributed by atoms with van der Waals surface area (Å²) in [6.45, 7) is 0.829. The van der Waals surface area contributed by atoms with Gasteiger partial charge in [-0.05, 0) is 33.0 Å². The molecule has 0 aliphatic heterocycles. The molecule has 1 aromatic carbocycles. The zero-order valence-electron chi connectivity index (χ0n) is 11.1. The van der Waals surface area contributed by atoms with Gasteiger partial charge in [0.05, 0.1) is 7.11 Å². The number of Topliss-reactive ketones (excluding diaryl/α,β-unsaturated/α-hetero) is 1. The van der Waals surface area contributed by atoms with Crippen molar-refractivity contribution < 1.29 is 9.53 Å². The first kappa shape index (κ1) is 15.0. The minimum absolute atomic E-state index is 0. The summed E-state index contributed by atoms with van der Waals surface area (Å²) in [5, 5.41) is 0. The van der Waals surface area contributed by atoms with Crippen LogP contribution >= 0.6 is 12.4 Å². The van der Waals surface area contributed by atoms with Crippen molar-refractivity contribution in [2.24, 2.45) is 5.92 Å². The molecule has 1 unspecified atom stereocenters. The maximum Gasteiger partial charge on any atom is 0.167 e. The van der Waals surface area contributed by atoms with Crippen molar-refractivity contribution in [2.45, 2.75) is 12.8 Å². The third-order valence-corrected chi connectivity index (χ3v) is 3.32. The molecule has 1 aliphatic rings. The molecule has 2 rings (SSSR count). The van der Waals surface area contributed by atoms with Gasteiger partial charge < -0.3 is 9.64 Å². The van der Waals surface area contributed by atoms with E-state index in [9.17, 15) is 4.79 Å². The van der Waals surface area contributed by atoms with Crippen LogP contribution in [0.5, 0.6) is 5.75 Å². The molecule has 0 N–H and O–H groups in total. The molecule has 1 atom stereocenters. The van der Waals surface area contributed by atoms with Crippen molar-refractivity contribution in [2.75, 3.05) is 27.7 Å². The Morgan fingerprint density at radius 3 is 2.72 bits per heavy atom. The molecule has 18 heavy (non-hydrogen) atoms. The fourth-order valence-corrected chi connectivity index (χ4v) is 2.53. The van der Waals surface area contributed by atoms with Gasteiger partial charge in [-0.1, -0.05) is 12.1 Å². The lowest BCUT2D eigenvalue weighted by molar-refractivity contribution is 0.0876. The molecule has 100 valence electrons. The summed E-state index contributed by atoms with van der Waals surface area (Å²) in [6, 6.07) is 5.74. The molecule has 0 radical (unpaired) electrons. The Balaban J connectivity index is 0.00000162. The van der Waals surface area contributed by atoms with Gasteiger partial charge in [-0.3, -0.25) is 4.79 Å². The van der Waals surface area contributed by atoms with Crippen molar-refractivity contribution in [3.63, 3.8) is 0 Å². The van der Waals surface area contributed by atoms with Crippen LogP contribution in [0.25, 0.3) is 0 Å². The van der Waals surface area contributed by atoms with Crippen LogP contribution in [0, 0.1) is 5.92 Å². The lowest BCUT2D eigenvalue weighted by Gasteiger charge is -2.26. The van der Waals surface area contributed by atoms with E-state index in [1.807, 2.05) is 32.3 Å². The quantitative estimate of drug-likeness (QED) is 0.844. The molecule has 4 heteroatoms. The maximum absolute atomic E-state index is 12.3. The fourth-order valence-electron chi connectivity index (χ4n) is 2.53. The van der Waals surface area contributed by atoms with Crippen molar-refractivity contribution in [1.29, 1.82) is 0 Å². The highest BCUT2D eigenvalue weighted by molar-refractivity contribution is 6.00. The van der Waals surface area contributed by atoms with Crippen molar-refractivity contribution in [1.82, 2.24) is 4.90 Å². The monoisotopic (exact) mass is 269 g/mol. The van der Waals surface area contributed by atoms with E-state index in [4.69, 9.17) is 4.74 Å². The molecule has 0 heterocycles. The lowest BCUT2D eigenvalue weighted by Crippen LogP contribution is -2.31. The standard InChI is InChI=1S/C14H19NO2.ClH/c1-15(2)9-10-7-8-11-12(14(10)16)5-4-6-13(11)17-3;/h4-6,10H,7-9H2,1-3H3;1H. The van der Waals surface area contributed by atoms with Gasteiger partial charge in [0.15, 0.2) is 5.78 Å². The minimum Gasteiger partial charge on any atom is -0.496 e. The predicted octanol–water partition coefficient (Wildman–Crippen LogP) is 2.42. The molecule has 0 bridgehead atoms. The van der Waals surface area contributed by atoms with E-state index in [-0.39, 0.29) is 24.1 Å². The number of nitrogens with zero attached hydrogens (tertiary/aromatic N) is 1. The van der Waals surface area contributed by atoms with E-state index in [0.717, 1.165) is 36.3 Å². The van der Waals surface area contributed by atoms with E-state index < -0.39 is 0 Å². The smallest absolute Gasteiger partial charge is 0.167 e. The van der Waals surface area contributed by atoms with Crippen LogP contribution in [0.2, 0.25) is 0 Å². The van der Waals surface area contributed by atoms with Crippen LogP contribution in [0.1, 0.15) is 22.3 Å². The second-order valence-corrected chi connectivity index (χ2v) is 4.85. The topological polar surface area (TPSA) is 29.5 Å². The van der Waals surface area contributed by atoms with Crippen molar-refractivity contribution >= 4 is 18.2 Å². The second kappa shape index (κ2) is 6.21. The number of fused-ring (bicyclic) bond motifs is 1. The third-order valence-electron chi connectivity index (χ3n) is 3.32. The lowest BCUT2D eigenvalue weighted by atomic mass is 9.82. The van der Waals surface area contributed by atoms with Gasteiger partial charge >= 0.3 is 0 Å². The Morgan fingerprint density at radius 2 is 2.11 bits per heavy atom. The maximum atomic E-state index is 12.3. The first-order valence-corrected chi connectivity index (χ1v) is 5.98. The average Bonchev–Trinajstić information content (AvgIpc) is 2.31. The number of methoxy groups -OCH3 is 1. The summed E-state index contributed by atoms with van der Waals surface area (Å²) in [5.41, 5.74) is 1.93. The number of carbonyl (C=O) groups is 1. The van der Waals surface area contributed by atoms with Crippen LogP contribution in [-0.4, -0.2) is 38.4 Å². The van der Waals surface area contributed by atoms with Crippen LogP contribution in [0.15, 0.2) is 18.2 Å². The summed E-state index contributed by atoms with van der Waals surface area (Å²) in [5.74, 6) is 1.24. The Bertz CT molecular complexity index is 432. The summed E-state index contributed by atoms with van der Waals surface area (Å²) in [7, 11) is 5.68. The Hall–Kier alpha value is -1.06. The molecular weight excluding hydrogens is 250 g/mol. The van der Waals surface area contributed by atoms with E-state index in [1.165, 1.54) is 0 Å². The zero-order valence-corrected chi connectivity index (χ0v) is 11.9. The van der Waals surface area contributed by atoms with Crippen LogP contribution in [-0.2, 0) is 6.42 Å². The number of hydrogen-bond donors (Lipinski definition) is 0. The van der Waals surface area contributed by atoms with E-state index >= 15 is 0 Å². The number of hydrogen-bond acceptors (Lipinski definition) is 3. The van der Waals surface area contributed by atoms with Gasteiger partial charge in [-0.25, -0.2) is 0 Å². The van der Waals surface area contributed by atoms with Crippen LogP contribution in [0.4, 0.5) is 0 Å². The number of rotatable bonds is 3. The van der Waals surface area contributed by atoms with E-state index in [0.29, 0.717) is 0 Å². The SMILES string of the molecule is COc1cccc2c1CCC(CN(C)C)C2=O.Cl. The second-order valence-electron chi connectivity index (χ2n) is 4.85. The summed E-state index contributed by atoms with van der Waals surface area (Å²) in [4.78, 5) is 14.4. The molecule has 0 fully saturated rings. The Kier molecular flexibility index (Phi) is 5.17. The Labute approximate surface area is 115 Å². The summed E-state index contributed by atoms with van der Waals surface area (Å²) >= 11 is 0. The number of ether oxygens (including phenoxy) is 1. The number of halogens is 1. The van der Waals surface area contributed by atoms with E-state index in [2.05, 4.69) is 4.90 Å². The number of ketones is 1. The highest BCUT2D eigenvalue weighted by atomic mass is 35.5. The molecule has 0 saturated heterocycles. The molecular formula is C14H20ClNO2. The zero-order chi connectivity index (χ0) is 12.4. The molecule has 1 aromatic rings. The molecule has 0 amide bonds. The minimum atomic E-state index is 0. The fraction of sp³-hybridized carbons (Fsp3) is 0.500. The third kappa shape index (κ3) is 2.85. The molecule has 1 aliphatic carbocycles.